The van der Waals surface area contributed by atoms with E-state index in [0.717, 1.165) is 10.0 Å². The summed E-state index contributed by atoms with van der Waals surface area (Å²) < 4.78 is 19.3. The molecule has 0 aliphatic carbocycles. The molecule has 1 aromatic heterocycles. The summed E-state index contributed by atoms with van der Waals surface area (Å²) in [5.41, 5.74) is 1.80. The number of fused-ring (bicyclic) bond motifs is 1. The summed E-state index contributed by atoms with van der Waals surface area (Å²) in [6.07, 6.45) is 1.39. The number of carbonyl (C=O) groups excluding carboxylic acids is 1. The molecule has 0 unspecified atom stereocenters. The summed E-state index contributed by atoms with van der Waals surface area (Å²) in [5, 5.41) is 8.78. The number of nitrogens with zero attached hydrogens (tertiary/aromatic N) is 3. The Hall–Kier alpha value is -3.68. The summed E-state index contributed by atoms with van der Waals surface area (Å²) in [6, 6.07) is 13.7. The molecule has 0 fully saturated rings. The summed E-state index contributed by atoms with van der Waals surface area (Å²) in [6.45, 7) is 5.20. The SMILES string of the molecule is COc1ccc(Br)cc1[C@H]1C(C(=O)OC(C)C)=C(C)N=c2s/c(=C\c3cccc(OCC#N)c3)c(=O)n21. The quantitative estimate of drug-likeness (QED) is 0.392. The van der Waals surface area contributed by atoms with Crippen LogP contribution in [0, 0.1) is 11.3 Å². The van der Waals surface area contributed by atoms with Crippen LogP contribution in [-0.4, -0.2) is 30.4 Å². The maximum atomic E-state index is 13.8. The minimum Gasteiger partial charge on any atom is -0.496 e. The fraction of sp³-hybridized carbons (Fsp3) is 0.259. The molecule has 0 spiro atoms. The van der Waals surface area contributed by atoms with Crippen molar-refractivity contribution in [2.45, 2.75) is 32.9 Å². The van der Waals surface area contributed by atoms with Gasteiger partial charge in [-0.1, -0.05) is 39.4 Å². The van der Waals surface area contributed by atoms with Gasteiger partial charge in [0.1, 0.15) is 23.6 Å². The molecule has 190 valence electrons. The van der Waals surface area contributed by atoms with E-state index in [1.165, 1.54) is 15.9 Å². The van der Waals surface area contributed by atoms with E-state index in [1.54, 1.807) is 58.2 Å². The van der Waals surface area contributed by atoms with Gasteiger partial charge in [-0.25, -0.2) is 9.79 Å². The van der Waals surface area contributed by atoms with Crippen LogP contribution < -0.4 is 24.4 Å². The molecule has 1 atom stereocenters. The molecular formula is C27H24BrN3O5S. The average molecular weight is 582 g/mol. The molecule has 0 saturated heterocycles. The molecule has 4 rings (SSSR count). The normalized spacial score (nSPS) is 15.2. The molecule has 8 nitrogen and oxygen atoms in total. The molecular weight excluding hydrogens is 558 g/mol. The number of esters is 1. The number of benzene rings is 2. The Labute approximate surface area is 225 Å². The standard InChI is InChI=1S/C27H24BrN3O5S/c1-15(2)36-26(33)23-16(3)30-27-31(24(23)20-14-18(28)8-9-21(20)34-4)25(32)22(37-27)13-17-6-5-7-19(12-17)35-11-10-29/h5-9,12-15,24H,11H2,1-4H3/b22-13-/t24-/m0/s1. The van der Waals surface area contributed by atoms with Crippen molar-refractivity contribution in [2.75, 3.05) is 13.7 Å². The molecule has 0 N–H and O–H groups in total. The fourth-order valence-electron chi connectivity index (χ4n) is 4.03. The zero-order valence-corrected chi connectivity index (χ0v) is 23.1. The fourth-order valence-corrected chi connectivity index (χ4v) is 5.46. The zero-order chi connectivity index (χ0) is 26.7. The van der Waals surface area contributed by atoms with Crippen LogP contribution in [0.25, 0.3) is 6.08 Å². The van der Waals surface area contributed by atoms with Gasteiger partial charge in [-0.2, -0.15) is 5.26 Å². The van der Waals surface area contributed by atoms with Crippen molar-refractivity contribution in [2.24, 2.45) is 4.99 Å². The number of methoxy groups -OCH3 is 1. The molecule has 2 heterocycles. The maximum Gasteiger partial charge on any atom is 0.338 e. The number of hydrogen-bond acceptors (Lipinski definition) is 8. The van der Waals surface area contributed by atoms with Crippen LogP contribution in [0.15, 0.2) is 68.0 Å². The predicted octanol–water partition coefficient (Wildman–Crippen LogP) is 3.86. The minimum absolute atomic E-state index is 0.0748. The number of halogens is 1. The van der Waals surface area contributed by atoms with Gasteiger partial charge in [-0.05, 0) is 62.7 Å². The van der Waals surface area contributed by atoms with Crippen LogP contribution in [0.5, 0.6) is 11.5 Å². The average Bonchev–Trinajstić information content (AvgIpc) is 3.15. The summed E-state index contributed by atoms with van der Waals surface area (Å²) in [5.74, 6) is 0.504. The third-order valence-corrected chi connectivity index (χ3v) is 7.01. The van der Waals surface area contributed by atoms with E-state index < -0.39 is 12.0 Å². The summed E-state index contributed by atoms with van der Waals surface area (Å²) in [4.78, 5) is 32.2. The monoisotopic (exact) mass is 581 g/mol. The van der Waals surface area contributed by atoms with Crippen molar-refractivity contribution in [1.29, 1.82) is 5.26 Å². The highest BCUT2D eigenvalue weighted by Crippen LogP contribution is 2.37. The lowest BCUT2D eigenvalue weighted by Crippen LogP contribution is -2.40. The Kier molecular flexibility index (Phi) is 7.95. The smallest absolute Gasteiger partial charge is 0.338 e. The zero-order valence-electron chi connectivity index (χ0n) is 20.6. The highest BCUT2D eigenvalue weighted by atomic mass is 79.9. The molecule has 0 amide bonds. The topological polar surface area (TPSA) is 103 Å². The van der Waals surface area contributed by atoms with Crippen LogP contribution >= 0.6 is 27.3 Å². The van der Waals surface area contributed by atoms with Gasteiger partial charge in [-0.15, -0.1) is 0 Å². The van der Waals surface area contributed by atoms with Crippen LogP contribution in [-0.2, 0) is 9.53 Å². The van der Waals surface area contributed by atoms with Gasteiger partial charge >= 0.3 is 5.97 Å². The molecule has 37 heavy (non-hydrogen) atoms. The van der Waals surface area contributed by atoms with Crippen LogP contribution in [0.4, 0.5) is 0 Å². The number of nitriles is 1. The van der Waals surface area contributed by atoms with Gasteiger partial charge in [0.15, 0.2) is 11.4 Å². The van der Waals surface area contributed by atoms with Crippen molar-refractivity contribution >= 4 is 39.3 Å². The lowest BCUT2D eigenvalue weighted by atomic mass is 9.95. The van der Waals surface area contributed by atoms with E-state index in [1.807, 2.05) is 24.3 Å². The lowest BCUT2D eigenvalue weighted by molar-refractivity contribution is -0.143. The maximum absolute atomic E-state index is 13.8. The molecule has 0 radical (unpaired) electrons. The first kappa shape index (κ1) is 26.4. The molecule has 0 bridgehead atoms. The third kappa shape index (κ3) is 5.53. The second kappa shape index (κ2) is 11.2. The van der Waals surface area contributed by atoms with E-state index in [2.05, 4.69) is 20.9 Å². The Bertz CT molecular complexity index is 1610. The first-order chi connectivity index (χ1) is 17.7. The van der Waals surface area contributed by atoms with Crippen molar-refractivity contribution < 1.29 is 19.0 Å². The Balaban J connectivity index is 1.94. The van der Waals surface area contributed by atoms with Gasteiger partial charge < -0.3 is 14.2 Å². The number of aromatic nitrogens is 1. The first-order valence-electron chi connectivity index (χ1n) is 11.4. The van der Waals surface area contributed by atoms with Gasteiger partial charge in [0.25, 0.3) is 5.56 Å². The Morgan fingerprint density at radius 1 is 1.30 bits per heavy atom. The summed E-state index contributed by atoms with van der Waals surface area (Å²) in [7, 11) is 1.54. The lowest BCUT2D eigenvalue weighted by Gasteiger charge is -2.26. The first-order valence-corrected chi connectivity index (χ1v) is 13.0. The van der Waals surface area contributed by atoms with Gasteiger partial charge in [-0.3, -0.25) is 9.36 Å². The van der Waals surface area contributed by atoms with E-state index >= 15 is 0 Å². The van der Waals surface area contributed by atoms with E-state index in [-0.39, 0.29) is 23.8 Å². The van der Waals surface area contributed by atoms with Crippen LogP contribution in [0.3, 0.4) is 0 Å². The number of hydrogen-bond donors (Lipinski definition) is 0. The van der Waals surface area contributed by atoms with Crippen LogP contribution in [0.1, 0.15) is 37.9 Å². The van der Waals surface area contributed by atoms with Crippen molar-refractivity contribution in [3.8, 4) is 17.6 Å². The second-order valence-corrected chi connectivity index (χ2v) is 10.4. The molecule has 10 heteroatoms. The molecule has 3 aromatic rings. The Morgan fingerprint density at radius 3 is 2.78 bits per heavy atom. The van der Waals surface area contributed by atoms with E-state index in [0.29, 0.717) is 32.1 Å². The van der Waals surface area contributed by atoms with E-state index in [9.17, 15) is 9.59 Å². The highest BCUT2D eigenvalue weighted by Gasteiger charge is 2.35. The summed E-state index contributed by atoms with van der Waals surface area (Å²) >= 11 is 4.73. The highest BCUT2D eigenvalue weighted by molar-refractivity contribution is 9.10. The van der Waals surface area contributed by atoms with Crippen molar-refractivity contribution in [3.63, 3.8) is 0 Å². The number of carbonyl (C=O) groups is 1. The van der Waals surface area contributed by atoms with E-state index in [4.69, 9.17) is 19.5 Å². The third-order valence-electron chi connectivity index (χ3n) is 5.53. The largest absolute Gasteiger partial charge is 0.496 e. The molecule has 2 aromatic carbocycles. The number of allylic oxidation sites excluding steroid dienone is 1. The second-order valence-electron chi connectivity index (χ2n) is 8.44. The Morgan fingerprint density at radius 2 is 2.08 bits per heavy atom. The van der Waals surface area contributed by atoms with Gasteiger partial charge in [0.05, 0.1) is 29.0 Å². The number of thiazole rings is 1. The molecule has 1 aliphatic heterocycles. The molecule has 1 aliphatic rings. The number of rotatable bonds is 7. The van der Waals surface area contributed by atoms with Crippen LogP contribution in [0.2, 0.25) is 0 Å². The predicted molar refractivity (Wildman–Crippen MR) is 143 cm³/mol. The van der Waals surface area contributed by atoms with Crippen molar-refractivity contribution in [3.05, 3.63) is 89.0 Å². The van der Waals surface area contributed by atoms with Gasteiger partial charge in [0, 0.05) is 10.0 Å². The molecule has 0 saturated carbocycles. The minimum atomic E-state index is -0.803. The number of ether oxygens (including phenoxy) is 3. The van der Waals surface area contributed by atoms with Gasteiger partial charge in [0.2, 0.25) is 0 Å². The van der Waals surface area contributed by atoms with Crippen molar-refractivity contribution in [1.82, 2.24) is 4.57 Å².